The van der Waals surface area contributed by atoms with E-state index >= 15 is 0 Å². The first-order valence-corrected chi connectivity index (χ1v) is 38.4. The highest BCUT2D eigenvalue weighted by Gasteiger charge is 2.51. The zero-order valence-electron chi connectivity index (χ0n) is 62.5. The number of halogens is 1. The Labute approximate surface area is 641 Å². The number of hydrogen-bond acceptors (Lipinski definition) is 18. The van der Waals surface area contributed by atoms with E-state index in [0.717, 1.165) is 144 Å². The zero-order valence-corrected chi connectivity index (χ0v) is 62.5. The van der Waals surface area contributed by atoms with Gasteiger partial charge in [-0.25, -0.2) is 34.3 Å². The van der Waals surface area contributed by atoms with Gasteiger partial charge in [-0.2, -0.15) is 15.3 Å². The van der Waals surface area contributed by atoms with E-state index in [4.69, 9.17) is 0 Å². The smallest absolute Gasteiger partial charge is 0.275 e. The molecule has 12 unspecified atom stereocenters. The molecule has 4 aromatic carbocycles. The second-order valence-electron chi connectivity index (χ2n) is 31.1. The van der Waals surface area contributed by atoms with Crippen LogP contribution in [0.1, 0.15) is 121 Å². The molecule has 26 heteroatoms. The van der Waals surface area contributed by atoms with Gasteiger partial charge in [-0.3, -0.25) is 29.3 Å². The number of H-pyrrole nitrogens is 2. The Kier molecular flexibility index (Phi) is 19.7. The average molecular weight is 1490 g/mol. The minimum atomic E-state index is -0.481. The number of amides is 4. The van der Waals surface area contributed by atoms with Gasteiger partial charge in [0.05, 0.1) is 94.1 Å². The average Bonchev–Trinajstić information content (AvgIpc) is 1.64. The summed E-state index contributed by atoms with van der Waals surface area (Å²) in [5.41, 5.74) is 11.1. The predicted molar refractivity (Wildman–Crippen MR) is 421 cm³/mol. The van der Waals surface area contributed by atoms with Crippen LogP contribution in [0.4, 0.5) is 27.5 Å². The highest BCUT2D eigenvalue weighted by molar-refractivity contribution is 6.07. The predicted octanol–water partition coefficient (Wildman–Crippen LogP) is 12.7. The van der Waals surface area contributed by atoms with Gasteiger partial charge in [-0.1, -0.05) is 60.2 Å². The summed E-state index contributed by atoms with van der Waals surface area (Å²) in [6, 6.07) is 39.9. The largest absolute Gasteiger partial charge is 0.380 e. The van der Waals surface area contributed by atoms with Crippen molar-refractivity contribution in [2.24, 2.45) is 23.7 Å². The number of para-hydroxylation sites is 2. The molecule has 4 aliphatic carbocycles. The molecule has 8 aliphatic rings. The number of nitrogens with zero attached hydrogens (tertiary/aromatic N) is 15. The Morgan fingerprint density at radius 3 is 1.47 bits per heavy atom. The van der Waals surface area contributed by atoms with Crippen LogP contribution in [0.15, 0.2) is 189 Å². The van der Waals surface area contributed by atoms with Gasteiger partial charge in [0.25, 0.3) is 23.6 Å². The summed E-state index contributed by atoms with van der Waals surface area (Å²) in [7, 11) is 0. The third kappa shape index (κ3) is 14.8. The summed E-state index contributed by atoms with van der Waals surface area (Å²) in [4.78, 5) is 96.5. The van der Waals surface area contributed by atoms with Crippen LogP contribution in [-0.2, 0) is 0 Å². The molecule has 12 aromatic rings. The molecule has 20 rings (SSSR count). The number of fused-ring (bicyclic) bond motifs is 10. The first-order valence-electron chi connectivity index (χ1n) is 38.4. The number of aryl methyl sites for hydroxylation is 5. The molecular formula is C85H88FN21O4. The van der Waals surface area contributed by atoms with Crippen LogP contribution in [-0.4, -0.2) is 183 Å². The van der Waals surface area contributed by atoms with Crippen molar-refractivity contribution in [2.75, 3.05) is 47.4 Å². The van der Waals surface area contributed by atoms with Crippen LogP contribution in [0.5, 0.6) is 0 Å². The van der Waals surface area contributed by atoms with E-state index in [1.54, 1.807) is 67.8 Å². The summed E-state index contributed by atoms with van der Waals surface area (Å²) in [5.74, 6) is 4.36. The van der Waals surface area contributed by atoms with Gasteiger partial charge in [0.2, 0.25) is 0 Å². The standard InChI is InChI=1S/C24H23FN4O.C21H22N4O.C20H22N8O.C20H21N5O/c1-15-6-8-17(9-7-15)28-20-12-16-13-21(20)29(14-16)24(30)18-4-2-5-19(25)22(18)23-26-10-3-11-27-23;1-13-5-6-19(23-11-13)24-17-9-14-10-18(17)25(12-14)21(26)16-4-2-3-15-7-8-22-20(15)16;1-12-5-17(28-24-3-4-25-28)19(23-8-12)20(29)27-11-14-6-15(16(27)7-14)26-18-10-21-13(2)9-22-18;1-12-5-6-18(21-9-12)23-16-7-13-8-17(16)25(11-13)20(26)15-4-2-3-14-10-22-24-19(14)15/h2-11,16,20-21,28H,12-14H2,1H3;2-8,11,14,17-18,22H,9-10,12H2,1H3,(H,23,24);3-5,8-10,14-16H,6-7,11H2,1-2H3,(H,22,26);2-6,9-10,13,16-17H,7-8,11H2,1H3,(H,21,23)(H,22,24). The van der Waals surface area contributed by atoms with Crippen molar-refractivity contribution in [1.82, 2.24) is 84.7 Å². The Balaban J connectivity index is 0.000000108. The summed E-state index contributed by atoms with van der Waals surface area (Å²) in [6.45, 7) is 13.1. The van der Waals surface area contributed by atoms with Crippen LogP contribution in [0.3, 0.4) is 0 Å². The fourth-order valence-corrected chi connectivity index (χ4v) is 18.2. The van der Waals surface area contributed by atoms with Gasteiger partial charge >= 0.3 is 0 Å². The van der Waals surface area contributed by atoms with E-state index in [1.165, 1.54) is 16.4 Å². The molecule has 4 aliphatic heterocycles. The number of anilines is 4. The lowest BCUT2D eigenvalue weighted by Gasteiger charge is -2.34. The molecular weight excluding hydrogens is 1400 g/mol. The monoisotopic (exact) mass is 1490 g/mol. The Morgan fingerprint density at radius 1 is 0.423 bits per heavy atom. The Hall–Kier alpha value is -12.4. The molecule has 8 aromatic heterocycles. The Morgan fingerprint density at radius 2 is 0.919 bits per heavy atom. The van der Waals surface area contributed by atoms with Crippen LogP contribution in [0.25, 0.3) is 38.9 Å². The lowest BCUT2D eigenvalue weighted by molar-refractivity contribution is 0.0680. The molecule has 12 heterocycles. The highest BCUT2D eigenvalue weighted by Crippen LogP contribution is 2.45. The fraction of sp³-hybridized carbons (Fsp3) is 0.341. The van der Waals surface area contributed by atoms with Crippen molar-refractivity contribution in [3.05, 3.63) is 246 Å². The van der Waals surface area contributed by atoms with Crippen molar-refractivity contribution < 1.29 is 23.6 Å². The maximum Gasteiger partial charge on any atom is 0.275 e. The summed E-state index contributed by atoms with van der Waals surface area (Å²) < 4.78 is 14.7. The third-order valence-electron chi connectivity index (χ3n) is 23.4. The SMILES string of the molecule is Cc1ccc(NC2CC3CC2N(C(=O)c2cccc(F)c2-c2ncccn2)C3)cc1.Cc1ccc(NC2CC3CC2N(C(=O)c2cccc4cc[nH]c24)C3)nc1.Cc1ccc(NC2CC3CC2N(C(=O)c2cccc4cn[nH]c24)C3)nc1.Cc1cnc(C(=O)N2CC3CC(Nc4cnc(C)cn4)C2C3)c(-n2nccn2)c1. The molecule has 564 valence electrons. The van der Waals surface area contributed by atoms with Gasteiger partial charge in [0.15, 0.2) is 11.5 Å². The molecule has 6 N–H and O–H groups in total. The van der Waals surface area contributed by atoms with Gasteiger partial charge < -0.3 is 45.9 Å². The summed E-state index contributed by atoms with van der Waals surface area (Å²) in [5, 5.41) is 31.7. The Bertz CT molecular complexity index is 5200. The van der Waals surface area contributed by atoms with E-state index in [0.29, 0.717) is 52.7 Å². The summed E-state index contributed by atoms with van der Waals surface area (Å²) in [6.07, 6.45) is 27.3. The van der Waals surface area contributed by atoms with Crippen molar-refractivity contribution in [3.8, 4) is 17.1 Å². The quantitative estimate of drug-likeness (QED) is 0.0589. The number of carbonyl (C=O) groups is 4. The van der Waals surface area contributed by atoms with E-state index in [9.17, 15) is 23.6 Å². The van der Waals surface area contributed by atoms with Crippen molar-refractivity contribution in [3.63, 3.8) is 0 Å². The number of aromatic nitrogens is 13. The number of benzene rings is 4. The number of likely N-dealkylation sites (tertiary alicyclic amines) is 4. The molecule has 0 radical (unpaired) electrons. The number of nitrogens with one attached hydrogen (secondary N) is 6. The van der Waals surface area contributed by atoms with Crippen molar-refractivity contribution in [2.45, 2.75) is 134 Å². The molecule has 0 spiro atoms. The number of piperidine rings is 4. The molecule has 8 bridgehead atoms. The van der Waals surface area contributed by atoms with Crippen LogP contribution >= 0.6 is 0 Å². The molecule has 25 nitrogen and oxygen atoms in total. The van der Waals surface area contributed by atoms with E-state index in [-0.39, 0.29) is 83.4 Å². The second kappa shape index (κ2) is 30.6. The number of aromatic amines is 2. The van der Waals surface area contributed by atoms with Gasteiger partial charge in [-0.05, 0) is 193 Å². The topological polar surface area (TPSA) is 295 Å². The van der Waals surface area contributed by atoms with Gasteiger partial charge in [0.1, 0.15) is 29.0 Å². The zero-order chi connectivity index (χ0) is 76.0. The highest BCUT2D eigenvalue weighted by atomic mass is 19.1. The minimum Gasteiger partial charge on any atom is -0.380 e. The van der Waals surface area contributed by atoms with Crippen LogP contribution in [0, 0.1) is 64.1 Å². The molecule has 12 atom stereocenters. The van der Waals surface area contributed by atoms with E-state index in [2.05, 4.69) is 130 Å². The van der Waals surface area contributed by atoms with E-state index < -0.39 is 5.82 Å². The number of rotatable bonds is 14. The lowest BCUT2D eigenvalue weighted by Crippen LogP contribution is -2.48. The van der Waals surface area contributed by atoms with Crippen LogP contribution < -0.4 is 21.3 Å². The van der Waals surface area contributed by atoms with Crippen molar-refractivity contribution >= 4 is 68.6 Å². The first kappa shape index (κ1) is 71.6. The van der Waals surface area contributed by atoms with Gasteiger partial charge in [0, 0.05) is 104 Å². The maximum atomic E-state index is 14.7. The van der Waals surface area contributed by atoms with Crippen molar-refractivity contribution in [1.29, 1.82) is 0 Å². The molecule has 4 amide bonds. The maximum absolute atomic E-state index is 14.7. The van der Waals surface area contributed by atoms with Gasteiger partial charge in [-0.15, -0.1) is 4.80 Å². The lowest BCUT2D eigenvalue weighted by atomic mass is 10.0. The second-order valence-corrected chi connectivity index (χ2v) is 31.1. The normalized spacial score (nSPS) is 23.4. The molecule has 8 fully saturated rings. The fourth-order valence-electron chi connectivity index (χ4n) is 18.2. The number of hydrogen-bond donors (Lipinski definition) is 6. The van der Waals surface area contributed by atoms with Crippen LogP contribution in [0.2, 0.25) is 0 Å². The third-order valence-corrected chi connectivity index (χ3v) is 23.4. The molecule has 4 saturated carbocycles. The van der Waals surface area contributed by atoms with E-state index in [1.807, 2.05) is 122 Å². The number of pyridine rings is 3. The summed E-state index contributed by atoms with van der Waals surface area (Å²) >= 11 is 0. The first-order chi connectivity index (χ1) is 54.1. The molecule has 111 heavy (non-hydrogen) atoms. The molecule has 4 saturated heterocycles. The minimum absolute atomic E-state index is 0.0775. The number of carbonyl (C=O) groups excluding carboxylic acids is 4.